The van der Waals surface area contributed by atoms with E-state index in [1.807, 2.05) is 6.92 Å². The van der Waals surface area contributed by atoms with Gasteiger partial charge in [-0.25, -0.2) is 0 Å². The zero-order valence-electron chi connectivity index (χ0n) is 4.80. The molecule has 1 unspecified atom stereocenters. The van der Waals surface area contributed by atoms with Gasteiger partial charge in [-0.2, -0.15) is 0 Å². The first-order valence-corrected chi connectivity index (χ1v) is 3.99. The highest BCUT2D eigenvalue weighted by Crippen LogP contribution is 2.31. The molecule has 1 N–H and O–H groups in total. The number of hydrogen-bond acceptors (Lipinski definition) is 1. The lowest BCUT2D eigenvalue weighted by Crippen LogP contribution is -2.34. The van der Waals surface area contributed by atoms with Gasteiger partial charge in [0.15, 0.2) is 0 Å². The number of hydrogen-bond donors (Lipinski definition) is 1. The molecular formula is C4H7Cl4N. The molecule has 0 saturated carbocycles. The Hall–Kier alpha value is 1.12. The Bertz CT molecular complexity index is 79.1. The molecule has 56 valence electrons. The third-order valence-electron chi connectivity index (χ3n) is 0.671. The molecule has 0 radical (unpaired) electrons. The van der Waals surface area contributed by atoms with Crippen LogP contribution in [0.3, 0.4) is 0 Å². The van der Waals surface area contributed by atoms with Gasteiger partial charge in [-0.15, -0.1) is 11.6 Å². The van der Waals surface area contributed by atoms with Crippen molar-refractivity contribution in [2.45, 2.75) is 16.2 Å². The molecule has 1 atom stereocenters. The van der Waals surface area contributed by atoms with Crippen LogP contribution in [0, 0.1) is 0 Å². The van der Waals surface area contributed by atoms with Crippen LogP contribution in [0.4, 0.5) is 0 Å². The van der Waals surface area contributed by atoms with E-state index in [0.29, 0.717) is 6.54 Å². The lowest BCUT2D eigenvalue weighted by atomic mass is 10.6. The van der Waals surface area contributed by atoms with Crippen molar-refractivity contribution in [2.24, 2.45) is 0 Å². The summed E-state index contributed by atoms with van der Waals surface area (Å²) in [6, 6.07) is 0. The molecule has 0 aliphatic carbocycles. The molecule has 0 spiro atoms. The first kappa shape index (κ1) is 10.1. The van der Waals surface area contributed by atoms with Crippen LogP contribution in [-0.4, -0.2) is 15.8 Å². The van der Waals surface area contributed by atoms with E-state index in [-0.39, 0.29) is 0 Å². The highest BCUT2D eigenvalue weighted by Gasteiger charge is 2.29. The molecule has 0 rings (SSSR count). The van der Waals surface area contributed by atoms with E-state index in [1.165, 1.54) is 0 Å². The fraction of sp³-hybridized carbons (Fsp3) is 1.00. The standard InChI is InChI=1S/C4H7Cl4N/c1-2-9-3(5)4(6,7)8/h3,9H,2H2,1H3. The molecule has 1 nitrogen and oxygen atoms in total. The van der Waals surface area contributed by atoms with Gasteiger partial charge in [0.2, 0.25) is 3.79 Å². The van der Waals surface area contributed by atoms with Crippen LogP contribution < -0.4 is 5.32 Å². The molecule has 9 heavy (non-hydrogen) atoms. The minimum absolute atomic E-state index is 0.618. The summed E-state index contributed by atoms with van der Waals surface area (Å²) in [5, 5.41) is 2.76. The minimum Gasteiger partial charge on any atom is -0.298 e. The van der Waals surface area contributed by atoms with Crippen molar-refractivity contribution >= 4 is 46.4 Å². The number of rotatable bonds is 2. The van der Waals surface area contributed by atoms with Crippen LogP contribution in [-0.2, 0) is 0 Å². The molecule has 0 aromatic rings. The molecule has 0 amide bonds. The second-order valence-electron chi connectivity index (χ2n) is 1.46. The Morgan fingerprint density at radius 1 is 1.44 bits per heavy atom. The van der Waals surface area contributed by atoms with Crippen LogP contribution in [0.15, 0.2) is 0 Å². The summed E-state index contributed by atoms with van der Waals surface area (Å²) in [4.78, 5) is 0. The maximum absolute atomic E-state index is 5.55. The summed E-state index contributed by atoms with van der Waals surface area (Å²) < 4.78 is -1.42. The van der Waals surface area contributed by atoms with Gasteiger partial charge in [0.25, 0.3) is 0 Å². The maximum Gasteiger partial charge on any atom is 0.219 e. The smallest absolute Gasteiger partial charge is 0.219 e. The monoisotopic (exact) mass is 209 g/mol. The summed E-state index contributed by atoms with van der Waals surface area (Å²) >= 11 is 21.7. The van der Waals surface area contributed by atoms with Gasteiger partial charge in [0, 0.05) is 0 Å². The second kappa shape index (κ2) is 4.09. The van der Waals surface area contributed by atoms with Gasteiger partial charge in [-0.05, 0) is 6.54 Å². The average molecular weight is 211 g/mol. The number of halogens is 4. The summed E-state index contributed by atoms with van der Waals surface area (Å²) in [5.41, 5.74) is -0.618. The van der Waals surface area contributed by atoms with E-state index in [1.54, 1.807) is 0 Å². The van der Waals surface area contributed by atoms with E-state index in [0.717, 1.165) is 0 Å². The zero-order chi connectivity index (χ0) is 7.49. The predicted octanol–water partition coefficient (Wildman–Crippen LogP) is 2.53. The molecule has 0 heterocycles. The normalized spacial score (nSPS) is 15.7. The van der Waals surface area contributed by atoms with E-state index in [9.17, 15) is 0 Å². The lowest BCUT2D eigenvalue weighted by molar-refractivity contribution is 0.676. The Morgan fingerprint density at radius 2 is 1.89 bits per heavy atom. The van der Waals surface area contributed by atoms with Gasteiger partial charge in [-0.1, -0.05) is 41.7 Å². The molecule has 0 aliphatic heterocycles. The molecule has 0 bridgehead atoms. The van der Waals surface area contributed by atoms with Crippen molar-refractivity contribution in [3.05, 3.63) is 0 Å². The molecule has 0 saturated heterocycles. The maximum atomic E-state index is 5.55. The highest BCUT2D eigenvalue weighted by atomic mass is 35.6. The van der Waals surface area contributed by atoms with Crippen molar-refractivity contribution in [3.8, 4) is 0 Å². The van der Waals surface area contributed by atoms with Gasteiger partial charge in [-0.3, -0.25) is 5.32 Å². The summed E-state index contributed by atoms with van der Waals surface area (Å²) in [7, 11) is 0. The average Bonchev–Trinajstić information content (AvgIpc) is 1.64. The van der Waals surface area contributed by atoms with Crippen molar-refractivity contribution in [3.63, 3.8) is 0 Å². The van der Waals surface area contributed by atoms with Crippen LogP contribution >= 0.6 is 46.4 Å². The molecular weight excluding hydrogens is 204 g/mol. The van der Waals surface area contributed by atoms with Crippen molar-refractivity contribution in [1.82, 2.24) is 5.32 Å². The molecule has 0 aliphatic rings. The van der Waals surface area contributed by atoms with E-state index in [4.69, 9.17) is 46.4 Å². The fourth-order valence-electron chi connectivity index (χ4n) is 0.295. The van der Waals surface area contributed by atoms with Gasteiger partial charge >= 0.3 is 0 Å². The molecule has 5 heteroatoms. The van der Waals surface area contributed by atoms with E-state index < -0.39 is 9.29 Å². The van der Waals surface area contributed by atoms with Crippen molar-refractivity contribution in [2.75, 3.05) is 6.54 Å². The van der Waals surface area contributed by atoms with E-state index in [2.05, 4.69) is 5.32 Å². The topological polar surface area (TPSA) is 12.0 Å². The molecule has 0 fully saturated rings. The first-order valence-electron chi connectivity index (χ1n) is 2.42. The zero-order valence-corrected chi connectivity index (χ0v) is 7.82. The summed E-state index contributed by atoms with van der Waals surface area (Å²) in [6.07, 6.45) is 0. The Balaban J connectivity index is 3.59. The van der Waals surface area contributed by atoms with Gasteiger partial charge < -0.3 is 0 Å². The Morgan fingerprint density at radius 3 is 2.00 bits per heavy atom. The highest BCUT2D eigenvalue weighted by molar-refractivity contribution is 6.70. The van der Waals surface area contributed by atoms with Gasteiger partial charge in [0.05, 0.1) is 0 Å². The summed E-state index contributed by atoms with van der Waals surface area (Å²) in [5.74, 6) is 0. The lowest BCUT2D eigenvalue weighted by Gasteiger charge is -2.17. The SMILES string of the molecule is CCNC(Cl)C(Cl)(Cl)Cl. The third-order valence-corrected chi connectivity index (χ3v) is 2.14. The third kappa shape index (κ3) is 4.51. The van der Waals surface area contributed by atoms with Crippen LogP contribution in [0.5, 0.6) is 0 Å². The Kier molecular flexibility index (Phi) is 4.60. The predicted molar refractivity (Wildman–Crippen MR) is 43.6 cm³/mol. The number of alkyl halides is 4. The van der Waals surface area contributed by atoms with Crippen molar-refractivity contribution < 1.29 is 0 Å². The first-order chi connectivity index (χ1) is 3.98. The minimum atomic E-state index is -1.42. The fourth-order valence-corrected chi connectivity index (χ4v) is 0.681. The largest absolute Gasteiger partial charge is 0.298 e. The quantitative estimate of drug-likeness (QED) is 0.546. The van der Waals surface area contributed by atoms with Crippen LogP contribution in [0.25, 0.3) is 0 Å². The number of nitrogens with one attached hydrogen (secondary N) is 1. The summed E-state index contributed by atoms with van der Waals surface area (Å²) in [6.45, 7) is 2.56. The molecule has 0 aromatic carbocycles. The second-order valence-corrected chi connectivity index (χ2v) is 4.27. The van der Waals surface area contributed by atoms with Crippen LogP contribution in [0.1, 0.15) is 6.92 Å². The Labute approximate surface area is 74.6 Å². The van der Waals surface area contributed by atoms with E-state index >= 15 is 0 Å². The van der Waals surface area contributed by atoms with Crippen molar-refractivity contribution in [1.29, 1.82) is 0 Å². The van der Waals surface area contributed by atoms with Crippen LogP contribution in [0.2, 0.25) is 0 Å². The molecule has 0 aromatic heterocycles. The van der Waals surface area contributed by atoms with Gasteiger partial charge in [0.1, 0.15) is 5.50 Å².